The average molecular weight is 454 g/mol. The fraction of sp³-hybridized carbons (Fsp3) is 0.500. The van der Waals surface area contributed by atoms with Crippen LogP contribution >= 0.6 is 23.4 Å². The molecular weight excluding hydrogens is 430 g/mol. The van der Waals surface area contributed by atoms with Gasteiger partial charge >= 0.3 is 12.1 Å². The van der Waals surface area contributed by atoms with E-state index >= 15 is 0 Å². The van der Waals surface area contributed by atoms with Crippen molar-refractivity contribution in [2.45, 2.75) is 50.4 Å². The minimum Gasteiger partial charge on any atom is -0.481 e. The number of hydrogen-bond donors (Lipinski definition) is 1. The van der Waals surface area contributed by atoms with Crippen molar-refractivity contribution in [1.82, 2.24) is 14.5 Å². The zero-order valence-electron chi connectivity index (χ0n) is 17.1. The standard InChI is InChI=1S/C20H24ClN3O5S/c1-20(2,3)29-19(28)23-8-6-13(7-9-23)24-17(27)14-10-12(21)4-5-15(14)22-18(24)30-11-16(25)26/h4-5,10,13H,6-9,11H2,1-3H3,(H,25,26). The van der Waals surface area contributed by atoms with Crippen molar-refractivity contribution >= 4 is 46.3 Å². The van der Waals surface area contributed by atoms with Crippen molar-refractivity contribution in [3.63, 3.8) is 0 Å². The first kappa shape index (κ1) is 22.4. The maximum absolute atomic E-state index is 13.2. The van der Waals surface area contributed by atoms with Gasteiger partial charge in [-0.15, -0.1) is 0 Å². The van der Waals surface area contributed by atoms with Gasteiger partial charge in [-0.3, -0.25) is 14.2 Å². The van der Waals surface area contributed by atoms with Crippen LogP contribution in [0.4, 0.5) is 4.79 Å². The van der Waals surface area contributed by atoms with E-state index in [1.54, 1.807) is 27.7 Å². The van der Waals surface area contributed by atoms with Gasteiger partial charge in [0.05, 0.1) is 16.7 Å². The van der Waals surface area contributed by atoms with Crippen LogP contribution in [0.3, 0.4) is 0 Å². The number of carbonyl (C=O) groups excluding carboxylic acids is 1. The van der Waals surface area contributed by atoms with Crippen molar-refractivity contribution in [2.24, 2.45) is 0 Å². The number of piperidine rings is 1. The summed E-state index contributed by atoms with van der Waals surface area (Å²) in [5.41, 5.74) is -0.363. The summed E-state index contributed by atoms with van der Waals surface area (Å²) in [4.78, 5) is 42.8. The molecule has 1 aliphatic rings. The minimum atomic E-state index is -0.989. The van der Waals surface area contributed by atoms with Gasteiger partial charge in [-0.25, -0.2) is 9.78 Å². The fourth-order valence-corrected chi connectivity index (χ4v) is 4.29. The van der Waals surface area contributed by atoms with Gasteiger partial charge in [0.1, 0.15) is 5.60 Å². The molecule has 1 N–H and O–H groups in total. The first-order valence-corrected chi connectivity index (χ1v) is 11.0. The van der Waals surface area contributed by atoms with Crippen LogP contribution in [0.25, 0.3) is 10.9 Å². The number of aliphatic carboxylic acids is 1. The smallest absolute Gasteiger partial charge is 0.410 e. The monoisotopic (exact) mass is 453 g/mol. The van der Waals surface area contributed by atoms with Crippen LogP contribution in [-0.2, 0) is 9.53 Å². The molecule has 1 fully saturated rings. The molecular formula is C20H24ClN3O5S. The second kappa shape index (κ2) is 8.85. The lowest BCUT2D eigenvalue weighted by atomic mass is 10.0. The number of aromatic nitrogens is 2. The number of benzene rings is 1. The lowest BCUT2D eigenvalue weighted by Crippen LogP contribution is -2.43. The summed E-state index contributed by atoms with van der Waals surface area (Å²) in [6, 6.07) is 4.66. The van der Waals surface area contributed by atoms with Gasteiger partial charge in [-0.05, 0) is 51.8 Å². The van der Waals surface area contributed by atoms with Gasteiger partial charge in [-0.2, -0.15) is 0 Å². The molecule has 10 heteroatoms. The highest BCUT2D eigenvalue weighted by atomic mass is 35.5. The summed E-state index contributed by atoms with van der Waals surface area (Å²) >= 11 is 7.07. The zero-order valence-corrected chi connectivity index (χ0v) is 18.6. The van der Waals surface area contributed by atoms with Crippen LogP contribution in [0.15, 0.2) is 28.2 Å². The number of ether oxygens (including phenoxy) is 1. The molecule has 1 aliphatic heterocycles. The second-order valence-corrected chi connectivity index (χ2v) is 9.49. The van der Waals surface area contributed by atoms with E-state index < -0.39 is 11.6 Å². The third-order valence-corrected chi connectivity index (χ3v) is 5.81. The van der Waals surface area contributed by atoms with Crippen LogP contribution in [0.2, 0.25) is 5.02 Å². The van der Waals surface area contributed by atoms with Gasteiger partial charge < -0.3 is 14.7 Å². The van der Waals surface area contributed by atoms with E-state index in [9.17, 15) is 14.4 Å². The SMILES string of the molecule is CC(C)(C)OC(=O)N1CCC(n2c(SCC(=O)O)nc3ccc(Cl)cc3c2=O)CC1. The Morgan fingerprint density at radius 1 is 1.30 bits per heavy atom. The van der Waals surface area contributed by atoms with Gasteiger partial charge in [0.2, 0.25) is 0 Å². The predicted octanol–water partition coefficient (Wildman–Crippen LogP) is 3.80. The number of carboxylic acid groups (broad SMARTS) is 1. The molecule has 3 rings (SSSR count). The van der Waals surface area contributed by atoms with E-state index in [1.165, 1.54) is 0 Å². The van der Waals surface area contributed by atoms with Crippen molar-refractivity contribution in [3.05, 3.63) is 33.6 Å². The molecule has 0 saturated carbocycles. The maximum atomic E-state index is 13.2. The Balaban J connectivity index is 1.90. The summed E-state index contributed by atoms with van der Waals surface area (Å²) in [6.45, 7) is 6.31. The van der Waals surface area contributed by atoms with E-state index in [0.717, 1.165) is 11.8 Å². The number of hydrogen-bond acceptors (Lipinski definition) is 6. The molecule has 1 aromatic carbocycles. The molecule has 0 atom stereocenters. The van der Waals surface area contributed by atoms with Gasteiger partial charge in [0.25, 0.3) is 5.56 Å². The molecule has 1 amide bonds. The number of rotatable bonds is 4. The topological polar surface area (TPSA) is 102 Å². The summed E-state index contributed by atoms with van der Waals surface area (Å²) in [6.07, 6.45) is 0.693. The molecule has 162 valence electrons. The van der Waals surface area contributed by atoms with Crippen molar-refractivity contribution in [2.75, 3.05) is 18.8 Å². The third-order valence-electron chi connectivity index (χ3n) is 4.64. The Labute approximate surface area is 183 Å². The lowest BCUT2D eigenvalue weighted by Gasteiger charge is -2.34. The second-order valence-electron chi connectivity index (χ2n) is 8.11. The number of halogens is 1. The number of amides is 1. The number of fused-ring (bicyclic) bond motifs is 1. The third kappa shape index (κ3) is 5.26. The predicted molar refractivity (Wildman–Crippen MR) is 115 cm³/mol. The Morgan fingerprint density at radius 2 is 1.97 bits per heavy atom. The normalized spacial score (nSPS) is 15.4. The Morgan fingerprint density at radius 3 is 2.57 bits per heavy atom. The molecule has 0 radical (unpaired) electrons. The lowest BCUT2D eigenvalue weighted by molar-refractivity contribution is -0.133. The first-order chi connectivity index (χ1) is 14.0. The molecule has 1 aromatic heterocycles. The number of thioether (sulfide) groups is 1. The number of carboxylic acids is 1. The Bertz CT molecular complexity index is 1030. The molecule has 0 spiro atoms. The average Bonchev–Trinajstić information content (AvgIpc) is 2.66. The molecule has 1 saturated heterocycles. The van der Waals surface area contributed by atoms with Crippen molar-refractivity contribution < 1.29 is 19.4 Å². The van der Waals surface area contributed by atoms with E-state index in [0.29, 0.717) is 47.0 Å². The quantitative estimate of drug-likeness (QED) is 0.554. The van der Waals surface area contributed by atoms with E-state index in [4.69, 9.17) is 21.4 Å². The van der Waals surface area contributed by atoms with Crippen LogP contribution in [0, 0.1) is 0 Å². The van der Waals surface area contributed by atoms with Crippen LogP contribution in [0.5, 0.6) is 0 Å². The summed E-state index contributed by atoms with van der Waals surface area (Å²) in [5.74, 6) is -1.20. The van der Waals surface area contributed by atoms with Gasteiger partial charge in [0, 0.05) is 24.2 Å². The highest BCUT2D eigenvalue weighted by Crippen LogP contribution is 2.28. The summed E-state index contributed by atoms with van der Waals surface area (Å²) in [7, 11) is 0. The number of carbonyl (C=O) groups is 2. The Kier molecular flexibility index (Phi) is 6.62. The van der Waals surface area contributed by atoms with Crippen LogP contribution in [-0.4, -0.2) is 56.1 Å². The fourth-order valence-electron chi connectivity index (χ4n) is 3.33. The molecule has 0 unspecified atom stereocenters. The van der Waals surface area contributed by atoms with E-state index in [-0.39, 0.29) is 23.4 Å². The molecule has 0 aliphatic carbocycles. The summed E-state index contributed by atoms with van der Waals surface area (Å²) in [5, 5.41) is 10.2. The zero-order chi connectivity index (χ0) is 22.1. The van der Waals surface area contributed by atoms with Crippen LogP contribution < -0.4 is 5.56 Å². The molecule has 2 aromatic rings. The summed E-state index contributed by atoms with van der Waals surface area (Å²) < 4.78 is 6.98. The van der Waals surface area contributed by atoms with Gasteiger partial charge in [0.15, 0.2) is 5.16 Å². The number of likely N-dealkylation sites (tertiary alicyclic amines) is 1. The van der Waals surface area contributed by atoms with E-state index in [1.807, 2.05) is 20.8 Å². The van der Waals surface area contributed by atoms with Crippen LogP contribution in [0.1, 0.15) is 39.7 Å². The number of nitrogens with zero attached hydrogens (tertiary/aromatic N) is 3. The Hall–Kier alpha value is -2.26. The molecule has 2 heterocycles. The van der Waals surface area contributed by atoms with Crippen molar-refractivity contribution in [1.29, 1.82) is 0 Å². The van der Waals surface area contributed by atoms with E-state index in [2.05, 4.69) is 4.98 Å². The molecule has 8 nitrogen and oxygen atoms in total. The maximum Gasteiger partial charge on any atom is 0.410 e. The highest BCUT2D eigenvalue weighted by Gasteiger charge is 2.29. The first-order valence-electron chi connectivity index (χ1n) is 9.59. The highest BCUT2D eigenvalue weighted by molar-refractivity contribution is 7.99. The van der Waals surface area contributed by atoms with Gasteiger partial charge in [-0.1, -0.05) is 23.4 Å². The van der Waals surface area contributed by atoms with Crippen molar-refractivity contribution in [3.8, 4) is 0 Å². The molecule has 0 bridgehead atoms. The molecule has 30 heavy (non-hydrogen) atoms. The largest absolute Gasteiger partial charge is 0.481 e. The minimum absolute atomic E-state index is 0.205.